The van der Waals surface area contributed by atoms with E-state index in [-0.39, 0.29) is 5.91 Å². The summed E-state index contributed by atoms with van der Waals surface area (Å²) >= 11 is 1.21. The summed E-state index contributed by atoms with van der Waals surface area (Å²) in [5.74, 6) is 0.694. The van der Waals surface area contributed by atoms with Gasteiger partial charge in [0.05, 0.1) is 12.8 Å². The van der Waals surface area contributed by atoms with Crippen molar-refractivity contribution >= 4 is 22.4 Å². The number of carbonyl (C=O) groups is 1. The average Bonchev–Trinajstić information content (AvgIpc) is 2.78. The Hall–Kier alpha value is -2.08. The van der Waals surface area contributed by atoms with Crippen LogP contribution in [0.3, 0.4) is 0 Å². The van der Waals surface area contributed by atoms with Gasteiger partial charge in [0.25, 0.3) is 5.91 Å². The van der Waals surface area contributed by atoms with Crippen LogP contribution in [0.5, 0.6) is 5.75 Å². The predicted molar refractivity (Wildman–Crippen MR) is 80.3 cm³/mol. The molecule has 0 atom stereocenters. The topological polar surface area (TPSA) is 77.2 Å². The molecule has 0 saturated carbocycles. The molecule has 0 aliphatic carbocycles. The highest BCUT2D eigenvalue weighted by Crippen LogP contribution is 2.19. The van der Waals surface area contributed by atoms with Crippen molar-refractivity contribution in [2.24, 2.45) is 0 Å². The largest absolute Gasteiger partial charge is 0.497 e. The summed E-state index contributed by atoms with van der Waals surface area (Å²) in [5, 5.41) is 3.29. The first-order chi connectivity index (χ1) is 9.60. The van der Waals surface area contributed by atoms with E-state index in [2.05, 4.69) is 10.3 Å². The number of anilines is 1. The highest BCUT2D eigenvalue weighted by Gasteiger charge is 2.13. The molecule has 106 valence electrons. The molecular weight excluding hydrogens is 274 g/mol. The number of thiazole rings is 1. The number of amides is 1. The van der Waals surface area contributed by atoms with Crippen molar-refractivity contribution < 1.29 is 9.53 Å². The highest BCUT2D eigenvalue weighted by molar-refractivity contribution is 7.17. The molecule has 2 rings (SSSR count). The fourth-order valence-corrected chi connectivity index (χ4v) is 2.61. The molecule has 0 aliphatic rings. The van der Waals surface area contributed by atoms with E-state index in [0.717, 1.165) is 17.7 Å². The third-order valence-electron chi connectivity index (χ3n) is 2.85. The van der Waals surface area contributed by atoms with Crippen LogP contribution >= 0.6 is 11.3 Å². The number of benzene rings is 1. The van der Waals surface area contributed by atoms with Crippen molar-refractivity contribution in [1.29, 1.82) is 0 Å². The van der Waals surface area contributed by atoms with Crippen LogP contribution in [0.2, 0.25) is 0 Å². The number of nitrogens with one attached hydrogen (secondary N) is 1. The second-order valence-electron chi connectivity index (χ2n) is 4.32. The number of nitrogens with two attached hydrogens (primary N) is 1. The molecule has 0 unspecified atom stereocenters. The third-order valence-corrected chi connectivity index (χ3v) is 3.84. The van der Waals surface area contributed by atoms with E-state index in [0.29, 0.717) is 22.2 Å². The molecule has 1 aromatic heterocycles. The summed E-state index contributed by atoms with van der Waals surface area (Å²) in [5.41, 5.74) is 7.37. The van der Waals surface area contributed by atoms with Crippen LogP contribution in [0.15, 0.2) is 24.3 Å². The van der Waals surface area contributed by atoms with Gasteiger partial charge in [-0.15, -0.1) is 0 Å². The predicted octanol–water partition coefficient (Wildman–Crippen LogP) is 2.01. The Balaban J connectivity index is 1.89. The number of rotatable bonds is 5. The molecule has 0 spiro atoms. The molecule has 1 aromatic carbocycles. The number of aromatic nitrogens is 1. The van der Waals surface area contributed by atoms with Crippen LogP contribution in [-0.4, -0.2) is 24.5 Å². The zero-order valence-electron chi connectivity index (χ0n) is 11.5. The number of ether oxygens (including phenoxy) is 1. The molecule has 1 amide bonds. The first-order valence-corrected chi connectivity index (χ1v) is 7.06. The number of aryl methyl sites for hydroxylation is 1. The Morgan fingerprint density at radius 3 is 2.95 bits per heavy atom. The van der Waals surface area contributed by atoms with Crippen LogP contribution < -0.4 is 15.8 Å². The van der Waals surface area contributed by atoms with Gasteiger partial charge in [0.1, 0.15) is 10.6 Å². The lowest BCUT2D eigenvalue weighted by molar-refractivity contribution is 0.0957. The van der Waals surface area contributed by atoms with E-state index in [1.54, 1.807) is 14.0 Å². The summed E-state index contributed by atoms with van der Waals surface area (Å²) in [6.07, 6.45) is 0.746. The second-order valence-corrected chi connectivity index (χ2v) is 5.35. The van der Waals surface area contributed by atoms with Crippen molar-refractivity contribution in [1.82, 2.24) is 10.3 Å². The molecule has 2 aromatic rings. The van der Waals surface area contributed by atoms with Gasteiger partial charge in [0, 0.05) is 6.54 Å². The van der Waals surface area contributed by atoms with Gasteiger partial charge < -0.3 is 15.8 Å². The molecule has 5 nitrogen and oxygen atoms in total. The van der Waals surface area contributed by atoms with Crippen molar-refractivity contribution in [3.05, 3.63) is 40.4 Å². The lowest BCUT2D eigenvalue weighted by atomic mass is 10.1. The molecule has 3 N–H and O–H groups in total. The van der Waals surface area contributed by atoms with Crippen molar-refractivity contribution in [2.75, 3.05) is 19.4 Å². The van der Waals surface area contributed by atoms with Crippen LogP contribution in [0.25, 0.3) is 0 Å². The van der Waals surface area contributed by atoms with Crippen LogP contribution in [-0.2, 0) is 6.42 Å². The zero-order valence-corrected chi connectivity index (χ0v) is 12.3. The van der Waals surface area contributed by atoms with Gasteiger partial charge in [-0.3, -0.25) is 4.79 Å². The van der Waals surface area contributed by atoms with Crippen molar-refractivity contribution in [3.8, 4) is 5.75 Å². The molecule has 0 aliphatic heterocycles. The summed E-state index contributed by atoms with van der Waals surface area (Å²) in [4.78, 5) is 16.6. The third kappa shape index (κ3) is 3.48. The van der Waals surface area contributed by atoms with Gasteiger partial charge in [0.15, 0.2) is 5.13 Å². The Morgan fingerprint density at radius 1 is 1.50 bits per heavy atom. The fourth-order valence-electron chi connectivity index (χ4n) is 1.86. The maximum absolute atomic E-state index is 12.0. The van der Waals surface area contributed by atoms with Crippen LogP contribution in [0.4, 0.5) is 5.13 Å². The molecule has 0 bridgehead atoms. The lowest BCUT2D eigenvalue weighted by Gasteiger charge is -2.06. The molecule has 0 fully saturated rings. The zero-order chi connectivity index (χ0) is 14.5. The van der Waals surface area contributed by atoms with E-state index in [9.17, 15) is 4.79 Å². The Labute approximate surface area is 121 Å². The molecule has 20 heavy (non-hydrogen) atoms. The summed E-state index contributed by atoms with van der Waals surface area (Å²) in [7, 11) is 1.64. The monoisotopic (exact) mass is 291 g/mol. The number of nitrogen functional groups attached to an aromatic ring is 1. The Bertz CT molecular complexity index is 610. The van der Waals surface area contributed by atoms with E-state index in [1.165, 1.54) is 11.3 Å². The minimum Gasteiger partial charge on any atom is -0.497 e. The number of hydrogen-bond acceptors (Lipinski definition) is 5. The van der Waals surface area contributed by atoms with Gasteiger partial charge >= 0.3 is 0 Å². The van der Waals surface area contributed by atoms with Gasteiger partial charge in [-0.25, -0.2) is 4.98 Å². The van der Waals surface area contributed by atoms with Gasteiger partial charge in [0.2, 0.25) is 0 Å². The second kappa shape index (κ2) is 6.38. The van der Waals surface area contributed by atoms with Gasteiger partial charge in [-0.1, -0.05) is 23.5 Å². The number of nitrogens with zero attached hydrogens (tertiary/aromatic N) is 1. The number of hydrogen-bond donors (Lipinski definition) is 2. The lowest BCUT2D eigenvalue weighted by Crippen LogP contribution is -2.25. The summed E-state index contributed by atoms with van der Waals surface area (Å²) in [6.45, 7) is 2.34. The van der Waals surface area contributed by atoms with Gasteiger partial charge in [-0.05, 0) is 31.0 Å². The maximum Gasteiger partial charge on any atom is 0.263 e. The molecule has 0 saturated heterocycles. The highest BCUT2D eigenvalue weighted by atomic mass is 32.1. The average molecular weight is 291 g/mol. The van der Waals surface area contributed by atoms with E-state index in [1.807, 2.05) is 24.3 Å². The number of methoxy groups -OCH3 is 1. The van der Waals surface area contributed by atoms with Crippen LogP contribution in [0.1, 0.15) is 20.9 Å². The van der Waals surface area contributed by atoms with Gasteiger partial charge in [-0.2, -0.15) is 0 Å². The fraction of sp³-hybridized carbons (Fsp3) is 0.286. The standard InChI is InChI=1S/C14H17N3O2S/c1-9-12(20-14(15)17-9)13(18)16-7-6-10-4-3-5-11(8-10)19-2/h3-5,8H,6-7H2,1-2H3,(H2,15,17)(H,16,18). The maximum atomic E-state index is 12.0. The van der Waals surface area contributed by atoms with Crippen molar-refractivity contribution in [3.63, 3.8) is 0 Å². The van der Waals surface area contributed by atoms with Crippen LogP contribution in [0, 0.1) is 6.92 Å². The summed E-state index contributed by atoms with van der Waals surface area (Å²) < 4.78 is 5.16. The Morgan fingerprint density at radius 2 is 2.30 bits per heavy atom. The smallest absolute Gasteiger partial charge is 0.263 e. The SMILES string of the molecule is COc1cccc(CCNC(=O)c2sc(N)nc2C)c1. The molecular formula is C14H17N3O2S. The van der Waals surface area contributed by atoms with E-state index >= 15 is 0 Å². The normalized spacial score (nSPS) is 10.3. The van der Waals surface area contributed by atoms with E-state index < -0.39 is 0 Å². The number of carbonyl (C=O) groups excluding carboxylic acids is 1. The first kappa shape index (κ1) is 14.3. The molecule has 1 heterocycles. The van der Waals surface area contributed by atoms with Crippen molar-refractivity contribution in [2.45, 2.75) is 13.3 Å². The first-order valence-electron chi connectivity index (χ1n) is 6.24. The quantitative estimate of drug-likeness (QED) is 0.883. The molecule has 6 heteroatoms. The summed E-state index contributed by atoms with van der Waals surface area (Å²) in [6, 6.07) is 7.79. The minimum absolute atomic E-state index is 0.125. The minimum atomic E-state index is -0.125. The molecule has 0 radical (unpaired) electrons. The Kier molecular flexibility index (Phi) is 4.57. The van der Waals surface area contributed by atoms with E-state index in [4.69, 9.17) is 10.5 Å².